The molecule has 1 amide bonds. The Morgan fingerprint density at radius 2 is 2.03 bits per heavy atom. The molecule has 8 heteroatoms. The van der Waals surface area contributed by atoms with E-state index in [1.165, 1.54) is 0 Å². The van der Waals surface area contributed by atoms with Crippen LogP contribution in [0.5, 0.6) is 5.88 Å². The largest absolute Gasteiger partial charge is 0.478 e. The molecule has 0 radical (unpaired) electrons. The third-order valence-electron chi connectivity index (χ3n) is 5.77. The second kappa shape index (κ2) is 11.4. The molecule has 2 aliphatic rings. The van der Waals surface area contributed by atoms with Gasteiger partial charge in [0.2, 0.25) is 11.8 Å². The van der Waals surface area contributed by atoms with Gasteiger partial charge in [-0.2, -0.15) is 0 Å². The van der Waals surface area contributed by atoms with Gasteiger partial charge in [0.15, 0.2) is 0 Å². The van der Waals surface area contributed by atoms with E-state index < -0.39 is 0 Å². The summed E-state index contributed by atoms with van der Waals surface area (Å²) < 4.78 is 11.2. The molecule has 4 N–H and O–H groups in total. The third-order valence-corrected chi connectivity index (χ3v) is 5.77. The fourth-order valence-electron chi connectivity index (χ4n) is 4.06. The SMILES string of the molecule is CC(C)NC(=O)C1CCC(Nc2cc(OCCCN3CCOCC3)ncc2N)CC1. The lowest BCUT2D eigenvalue weighted by atomic mass is 9.85. The molecule has 30 heavy (non-hydrogen) atoms. The zero-order valence-electron chi connectivity index (χ0n) is 18.4. The van der Waals surface area contributed by atoms with Gasteiger partial charge in [-0.15, -0.1) is 0 Å². The number of carbonyl (C=O) groups is 1. The van der Waals surface area contributed by atoms with E-state index in [1.807, 2.05) is 19.9 Å². The molecule has 0 atom stereocenters. The van der Waals surface area contributed by atoms with Gasteiger partial charge in [0, 0.05) is 43.7 Å². The van der Waals surface area contributed by atoms with Crippen molar-refractivity contribution in [1.82, 2.24) is 15.2 Å². The summed E-state index contributed by atoms with van der Waals surface area (Å²) >= 11 is 0. The number of pyridine rings is 1. The van der Waals surface area contributed by atoms with Crippen molar-refractivity contribution in [1.29, 1.82) is 0 Å². The van der Waals surface area contributed by atoms with E-state index in [-0.39, 0.29) is 17.9 Å². The molecule has 0 bridgehead atoms. The Hall–Kier alpha value is -2.06. The highest BCUT2D eigenvalue weighted by Crippen LogP contribution is 2.30. The lowest BCUT2D eigenvalue weighted by molar-refractivity contribution is -0.126. The number of hydrogen-bond donors (Lipinski definition) is 3. The number of nitrogens with two attached hydrogens (primary N) is 1. The number of rotatable bonds is 9. The van der Waals surface area contributed by atoms with Crippen molar-refractivity contribution in [3.05, 3.63) is 12.3 Å². The van der Waals surface area contributed by atoms with Crippen molar-refractivity contribution in [2.75, 3.05) is 50.5 Å². The standard InChI is InChI=1S/C22H37N5O3/c1-16(2)25-22(28)17-4-6-18(7-5-17)26-20-14-21(24-15-19(20)23)30-11-3-8-27-9-12-29-13-10-27/h14-18H,3-13,23H2,1-2H3,(H,24,26)(H,25,28). The van der Waals surface area contributed by atoms with E-state index in [4.69, 9.17) is 15.2 Å². The number of ether oxygens (including phenoxy) is 2. The smallest absolute Gasteiger partial charge is 0.223 e. The average molecular weight is 420 g/mol. The summed E-state index contributed by atoms with van der Waals surface area (Å²) in [5, 5.41) is 6.56. The summed E-state index contributed by atoms with van der Waals surface area (Å²) in [6.07, 6.45) is 6.30. The maximum absolute atomic E-state index is 12.2. The molecule has 3 rings (SSSR count). The van der Waals surface area contributed by atoms with Crippen LogP contribution in [-0.2, 0) is 9.53 Å². The van der Waals surface area contributed by atoms with Gasteiger partial charge in [-0.3, -0.25) is 9.69 Å². The zero-order valence-corrected chi connectivity index (χ0v) is 18.4. The van der Waals surface area contributed by atoms with Crippen LogP contribution in [0.1, 0.15) is 46.0 Å². The molecule has 1 saturated carbocycles. The Kier molecular flexibility index (Phi) is 8.57. The van der Waals surface area contributed by atoms with Crippen LogP contribution in [0.15, 0.2) is 12.3 Å². The van der Waals surface area contributed by atoms with Gasteiger partial charge in [0.1, 0.15) is 0 Å². The summed E-state index contributed by atoms with van der Waals surface area (Å²) in [5.41, 5.74) is 7.61. The van der Waals surface area contributed by atoms with Gasteiger partial charge in [-0.25, -0.2) is 4.98 Å². The van der Waals surface area contributed by atoms with Crippen LogP contribution in [0.4, 0.5) is 11.4 Å². The highest BCUT2D eigenvalue weighted by molar-refractivity contribution is 5.79. The van der Waals surface area contributed by atoms with Gasteiger partial charge in [-0.1, -0.05) is 0 Å². The van der Waals surface area contributed by atoms with Crippen molar-refractivity contribution in [2.45, 2.75) is 58.0 Å². The number of nitrogen functional groups attached to an aromatic ring is 1. The first-order chi connectivity index (χ1) is 14.5. The monoisotopic (exact) mass is 419 g/mol. The molecule has 1 aromatic rings. The lowest BCUT2D eigenvalue weighted by Gasteiger charge is -2.30. The predicted octanol–water partition coefficient (Wildman–Crippen LogP) is 2.26. The minimum Gasteiger partial charge on any atom is -0.478 e. The minimum atomic E-state index is 0.116. The Morgan fingerprint density at radius 1 is 1.30 bits per heavy atom. The van der Waals surface area contributed by atoms with E-state index in [0.29, 0.717) is 24.2 Å². The van der Waals surface area contributed by atoms with Gasteiger partial charge >= 0.3 is 0 Å². The van der Waals surface area contributed by atoms with Crippen LogP contribution >= 0.6 is 0 Å². The van der Waals surface area contributed by atoms with Crippen LogP contribution < -0.4 is 21.1 Å². The van der Waals surface area contributed by atoms with E-state index in [2.05, 4.69) is 20.5 Å². The Bertz CT molecular complexity index is 671. The molecule has 0 spiro atoms. The second-order valence-electron chi connectivity index (χ2n) is 8.62. The fraction of sp³-hybridized carbons (Fsp3) is 0.727. The molecule has 1 aromatic heterocycles. The lowest BCUT2D eigenvalue weighted by Crippen LogP contribution is -2.38. The molecule has 168 valence electrons. The predicted molar refractivity (Wildman–Crippen MR) is 119 cm³/mol. The minimum absolute atomic E-state index is 0.116. The van der Waals surface area contributed by atoms with Crippen molar-refractivity contribution < 1.29 is 14.3 Å². The molecule has 8 nitrogen and oxygen atoms in total. The van der Waals surface area contributed by atoms with Crippen molar-refractivity contribution >= 4 is 17.3 Å². The molecular weight excluding hydrogens is 382 g/mol. The second-order valence-corrected chi connectivity index (χ2v) is 8.62. The number of morpholine rings is 1. The van der Waals surface area contributed by atoms with E-state index >= 15 is 0 Å². The molecule has 1 saturated heterocycles. The van der Waals surface area contributed by atoms with Crippen molar-refractivity contribution in [2.24, 2.45) is 5.92 Å². The molecule has 2 fully saturated rings. The quantitative estimate of drug-likeness (QED) is 0.528. The topological polar surface area (TPSA) is 102 Å². The van der Waals surface area contributed by atoms with E-state index in [9.17, 15) is 4.79 Å². The number of aromatic nitrogens is 1. The van der Waals surface area contributed by atoms with Crippen molar-refractivity contribution in [3.63, 3.8) is 0 Å². The van der Waals surface area contributed by atoms with Crippen molar-refractivity contribution in [3.8, 4) is 5.88 Å². The summed E-state index contributed by atoms with van der Waals surface area (Å²) in [6.45, 7) is 9.27. The van der Waals surface area contributed by atoms with Gasteiger partial charge in [0.25, 0.3) is 0 Å². The number of carbonyl (C=O) groups excluding carboxylic acids is 1. The first kappa shape index (κ1) is 22.6. The van der Waals surface area contributed by atoms with Crippen LogP contribution in [0.2, 0.25) is 0 Å². The highest BCUT2D eigenvalue weighted by atomic mass is 16.5. The van der Waals surface area contributed by atoms with E-state index in [1.54, 1.807) is 6.20 Å². The molecule has 1 aliphatic heterocycles. The Labute approximate surface area is 179 Å². The Morgan fingerprint density at radius 3 is 2.73 bits per heavy atom. The molecular formula is C22H37N5O3. The van der Waals surface area contributed by atoms with Crippen LogP contribution in [-0.4, -0.2) is 67.3 Å². The summed E-state index contributed by atoms with van der Waals surface area (Å²) in [6, 6.07) is 2.39. The van der Waals surface area contributed by atoms with Gasteiger partial charge < -0.3 is 25.8 Å². The number of nitrogens with one attached hydrogen (secondary N) is 2. The van der Waals surface area contributed by atoms with Crippen LogP contribution in [0.3, 0.4) is 0 Å². The molecule has 0 unspecified atom stereocenters. The van der Waals surface area contributed by atoms with Crippen LogP contribution in [0.25, 0.3) is 0 Å². The third kappa shape index (κ3) is 7.02. The average Bonchev–Trinajstić information content (AvgIpc) is 2.74. The van der Waals surface area contributed by atoms with Crippen LogP contribution in [0, 0.1) is 5.92 Å². The summed E-state index contributed by atoms with van der Waals surface area (Å²) in [7, 11) is 0. The summed E-state index contributed by atoms with van der Waals surface area (Å²) in [4.78, 5) is 18.9. The molecule has 0 aromatic carbocycles. The normalized spacial score (nSPS) is 22.6. The Balaban J connectivity index is 1.42. The number of anilines is 2. The number of nitrogens with zero attached hydrogens (tertiary/aromatic N) is 2. The first-order valence-electron chi connectivity index (χ1n) is 11.3. The molecule has 1 aliphatic carbocycles. The number of hydrogen-bond acceptors (Lipinski definition) is 7. The van der Waals surface area contributed by atoms with E-state index in [0.717, 1.165) is 70.6 Å². The maximum atomic E-state index is 12.2. The first-order valence-corrected chi connectivity index (χ1v) is 11.3. The highest BCUT2D eigenvalue weighted by Gasteiger charge is 2.26. The van der Waals surface area contributed by atoms with Gasteiger partial charge in [-0.05, 0) is 46.0 Å². The maximum Gasteiger partial charge on any atom is 0.223 e. The van der Waals surface area contributed by atoms with Gasteiger partial charge in [0.05, 0.1) is 37.4 Å². The molecule has 2 heterocycles. The zero-order chi connectivity index (χ0) is 21.3. The summed E-state index contributed by atoms with van der Waals surface area (Å²) in [5.74, 6) is 0.893. The number of amides is 1. The fourth-order valence-corrected chi connectivity index (χ4v) is 4.06.